The topological polar surface area (TPSA) is 66.8 Å². The number of likely N-dealkylation sites (tertiary alicyclic amines) is 1. The minimum absolute atomic E-state index is 0.408. The van der Waals surface area contributed by atoms with Gasteiger partial charge in [0.2, 0.25) is 0 Å². The summed E-state index contributed by atoms with van der Waals surface area (Å²) in [4.78, 5) is 24.7. The van der Waals surface area contributed by atoms with Gasteiger partial charge in [0.25, 0.3) is 5.91 Å². The molecule has 3 rings (SSSR count). The van der Waals surface area contributed by atoms with E-state index in [-0.39, 0.29) is 0 Å². The first kappa shape index (κ1) is 16.6. The molecular formula is C16H16F3NO4. The fraction of sp³-hybridized carbons (Fsp3) is 0.500. The largest absolute Gasteiger partial charge is 0.481 e. The third kappa shape index (κ3) is 3.05. The van der Waals surface area contributed by atoms with Crippen molar-refractivity contribution >= 4 is 11.9 Å². The number of benzene rings is 1. The minimum atomic E-state index is -4.66. The number of alkyl halides is 3. The van der Waals surface area contributed by atoms with Crippen LogP contribution in [0.3, 0.4) is 0 Å². The monoisotopic (exact) mass is 343 g/mol. The summed E-state index contributed by atoms with van der Waals surface area (Å²) in [6, 6.07) is 8.56. The molecule has 2 aliphatic rings. The molecule has 1 aliphatic carbocycles. The molecule has 2 atom stereocenters. The zero-order valence-corrected chi connectivity index (χ0v) is 12.6. The van der Waals surface area contributed by atoms with Gasteiger partial charge in [0.1, 0.15) is 5.75 Å². The Kier molecular flexibility index (Phi) is 3.93. The highest BCUT2D eigenvalue weighted by molar-refractivity contribution is 5.89. The molecule has 1 saturated carbocycles. The molecule has 2 fully saturated rings. The number of hydrogen-bond donors (Lipinski definition) is 1. The molecule has 1 amide bonds. The third-order valence-corrected chi connectivity index (χ3v) is 4.50. The number of rotatable bonds is 4. The second kappa shape index (κ2) is 5.68. The number of ether oxygens (including phenoxy) is 1. The number of para-hydroxylation sites is 1. The van der Waals surface area contributed by atoms with Crippen molar-refractivity contribution in [2.45, 2.75) is 24.6 Å². The Morgan fingerprint density at radius 3 is 2.25 bits per heavy atom. The van der Waals surface area contributed by atoms with E-state index in [9.17, 15) is 22.8 Å². The van der Waals surface area contributed by atoms with Crippen LogP contribution in [0.15, 0.2) is 30.3 Å². The third-order valence-electron chi connectivity index (χ3n) is 4.50. The van der Waals surface area contributed by atoms with E-state index in [4.69, 9.17) is 9.84 Å². The summed E-state index contributed by atoms with van der Waals surface area (Å²) in [6.45, 7) is -1.09. The zero-order valence-electron chi connectivity index (χ0n) is 12.6. The maximum absolute atomic E-state index is 13.0. The lowest BCUT2D eigenvalue weighted by molar-refractivity contribution is -0.188. The van der Waals surface area contributed by atoms with Crippen molar-refractivity contribution in [3.63, 3.8) is 0 Å². The summed E-state index contributed by atoms with van der Waals surface area (Å²) in [5, 5.41) is 9.03. The van der Waals surface area contributed by atoms with Crippen LogP contribution in [-0.2, 0) is 9.59 Å². The molecule has 0 radical (unpaired) electrons. The molecule has 1 aliphatic heterocycles. The molecule has 5 nitrogen and oxygen atoms in total. The van der Waals surface area contributed by atoms with Gasteiger partial charge in [0.15, 0.2) is 5.60 Å². The Morgan fingerprint density at radius 2 is 1.79 bits per heavy atom. The highest BCUT2D eigenvalue weighted by Gasteiger charge is 2.60. The van der Waals surface area contributed by atoms with E-state index in [1.807, 2.05) is 0 Å². The Morgan fingerprint density at radius 1 is 1.17 bits per heavy atom. The Hall–Kier alpha value is -2.25. The number of hydrogen-bond acceptors (Lipinski definition) is 3. The number of amides is 1. The zero-order chi connectivity index (χ0) is 17.5. The smallest absolute Gasteiger partial charge is 0.394 e. The van der Waals surface area contributed by atoms with Gasteiger partial charge in [-0.25, -0.2) is 0 Å². The number of halogens is 3. The molecule has 1 aromatic rings. The molecule has 0 unspecified atom stereocenters. The molecule has 1 heterocycles. The van der Waals surface area contributed by atoms with E-state index in [1.165, 1.54) is 0 Å². The van der Waals surface area contributed by atoms with E-state index in [0.29, 0.717) is 18.6 Å². The van der Waals surface area contributed by atoms with Crippen LogP contribution in [-0.4, -0.2) is 46.7 Å². The van der Waals surface area contributed by atoms with Crippen molar-refractivity contribution in [3.05, 3.63) is 30.3 Å². The van der Waals surface area contributed by atoms with Crippen LogP contribution in [0.5, 0.6) is 5.75 Å². The summed E-state index contributed by atoms with van der Waals surface area (Å²) < 4.78 is 44.8. The maximum Gasteiger partial charge on any atom is 0.394 e. The molecule has 1 saturated heterocycles. The lowest BCUT2D eigenvalue weighted by Crippen LogP contribution is -2.43. The molecule has 8 heteroatoms. The van der Waals surface area contributed by atoms with Gasteiger partial charge < -0.3 is 14.7 Å². The van der Waals surface area contributed by atoms with E-state index < -0.39 is 48.6 Å². The highest BCUT2D eigenvalue weighted by atomic mass is 19.4. The van der Waals surface area contributed by atoms with E-state index in [2.05, 4.69) is 0 Å². The van der Waals surface area contributed by atoms with Gasteiger partial charge in [0.05, 0.1) is 11.8 Å². The Balaban J connectivity index is 1.75. The van der Waals surface area contributed by atoms with Crippen LogP contribution >= 0.6 is 0 Å². The Labute approximate surface area is 136 Å². The van der Waals surface area contributed by atoms with Crippen molar-refractivity contribution in [2.75, 3.05) is 13.1 Å². The molecule has 0 spiro atoms. The number of carboxylic acids is 1. The Bertz CT molecular complexity index is 642. The number of carbonyl (C=O) groups is 2. The SMILES string of the molecule is O=C(O)[C@@H]1CN(C(=O)C2(Oc3ccccc3)CC2)C[C@H]1C(F)(F)F. The standard InChI is InChI=1S/C16H16F3NO4/c17-16(18,19)12-9-20(8-11(12)13(21)22)14(23)15(6-7-15)24-10-4-2-1-3-5-10/h1-5,11-12H,6-9H2,(H,21,22)/t11-,12-/m1/s1. The van der Waals surface area contributed by atoms with Crippen molar-refractivity contribution in [1.29, 1.82) is 0 Å². The average Bonchev–Trinajstić information content (AvgIpc) is 3.13. The molecule has 0 aromatic heterocycles. The van der Waals surface area contributed by atoms with Crippen LogP contribution in [0.2, 0.25) is 0 Å². The molecular weight excluding hydrogens is 327 g/mol. The fourth-order valence-corrected chi connectivity index (χ4v) is 3.03. The van der Waals surface area contributed by atoms with Gasteiger partial charge in [-0.3, -0.25) is 9.59 Å². The lowest BCUT2D eigenvalue weighted by atomic mass is 9.96. The summed E-state index contributed by atoms with van der Waals surface area (Å²) in [5.74, 6) is -5.33. The van der Waals surface area contributed by atoms with E-state index >= 15 is 0 Å². The molecule has 130 valence electrons. The number of aliphatic carboxylic acids is 1. The number of carboxylic acid groups (broad SMARTS) is 1. The molecule has 1 aromatic carbocycles. The van der Waals surface area contributed by atoms with Crippen molar-refractivity contribution in [3.8, 4) is 5.75 Å². The molecule has 0 bridgehead atoms. The van der Waals surface area contributed by atoms with Gasteiger partial charge in [-0.05, 0) is 12.1 Å². The second-order valence-corrected chi connectivity index (χ2v) is 6.21. The summed E-state index contributed by atoms with van der Waals surface area (Å²) in [5.41, 5.74) is -1.16. The summed E-state index contributed by atoms with van der Waals surface area (Å²) in [6.07, 6.45) is -3.84. The number of carbonyl (C=O) groups excluding carboxylic acids is 1. The quantitative estimate of drug-likeness (QED) is 0.911. The van der Waals surface area contributed by atoms with Crippen LogP contribution in [0, 0.1) is 11.8 Å². The van der Waals surface area contributed by atoms with Gasteiger partial charge in [-0.15, -0.1) is 0 Å². The fourth-order valence-electron chi connectivity index (χ4n) is 3.03. The first-order valence-electron chi connectivity index (χ1n) is 7.56. The predicted octanol–water partition coefficient (Wildman–Crippen LogP) is 2.32. The van der Waals surface area contributed by atoms with Gasteiger partial charge in [0, 0.05) is 25.9 Å². The lowest BCUT2D eigenvalue weighted by Gasteiger charge is -2.24. The summed E-state index contributed by atoms with van der Waals surface area (Å²) in [7, 11) is 0. The van der Waals surface area contributed by atoms with Crippen LogP contribution < -0.4 is 4.74 Å². The van der Waals surface area contributed by atoms with Crippen molar-refractivity contribution in [1.82, 2.24) is 4.90 Å². The molecule has 1 N–H and O–H groups in total. The first-order chi connectivity index (χ1) is 11.2. The van der Waals surface area contributed by atoms with Crippen LogP contribution in [0.4, 0.5) is 13.2 Å². The van der Waals surface area contributed by atoms with E-state index in [1.54, 1.807) is 30.3 Å². The second-order valence-electron chi connectivity index (χ2n) is 6.21. The number of nitrogens with zero attached hydrogens (tertiary/aromatic N) is 1. The van der Waals surface area contributed by atoms with Crippen molar-refractivity contribution in [2.24, 2.45) is 11.8 Å². The summed E-state index contributed by atoms with van der Waals surface area (Å²) >= 11 is 0. The molecule has 24 heavy (non-hydrogen) atoms. The van der Waals surface area contributed by atoms with Gasteiger partial charge >= 0.3 is 12.1 Å². The van der Waals surface area contributed by atoms with Crippen LogP contribution in [0.25, 0.3) is 0 Å². The highest BCUT2D eigenvalue weighted by Crippen LogP contribution is 2.45. The average molecular weight is 343 g/mol. The van der Waals surface area contributed by atoms with Crippen molar-refractivity contribution < 1.29 is 32.6 Å². The maximum atomic E-state index is 13.0. The van der Waals surface area contributed by atoms with Crippen LogP contribution in [0.1, 0.15) is 12.8 Å². The minimum Gasteiger partial charge on any atom is -0.481 e. The van der Waals surface area contributed by atoms with E-state index in [0.717, 1.165) is 4.90 Å². The van der Waals surface area contributed by atoms with Gasteiger partial charge in [-0.1, -0.05) is 18.2 Å². The predicted molar refractivity (Wildman–Crippen MR) is 76.3 cm³/mol. The first-order valence-corrected chi connectivity index (χ1v) is 7.56. The van der Waals surface area contributed by atoms with Gasteiger partial charge in [-0.2, -0.15) is 13.2 Å². The normalized spacial score (nSPS) is 25.4.